The van der Waals surface area contributed by atoms with E-state index in [-0.39, 0.29) is 28.8 Å². The molecule has 0 N–H and O–H groups in total. The number of carbonyl (C=O) groups is 1. The highest BCUT2D eigenvalue weighted by molar-refractivity contribution is 6.00. The van der Waals surface area contributed by atoms with Crippen LogP contribution in [-0.4, -0.2) is 44.4 Å². The molecule has 4 heterocycles. The highest BCUT2D eigenvalue weighted by atomic mass is 19.4. The van der Waals surface area contributed by atoms with E-state index in [1.54, 1.807) is 11.0 Å². The molecule has 11 heteroatoms. The van der Waals surface area contributed by atoms with Gasteiger partial charge in [0.2, 0.25) is 0 Å². The number of amides is 1. The molecule has 2 aliphatic heterocycles. The third kappa shape index (κ3) is 4.54. The van der Waals surface area contributed by atoms with E-state index in [1.807, 2.05) is 0 Å². The van der Waals surface area contributed by atoms with Gasteiger partial charge in [-0.3, -0.25) is 4.79 Å². The number of rotatable bonds is 4. The minimum atomic E-state index is -4.73. The molecule has 2 saturated heterocycles. The van der Waals surface area contributed by atoms with E-state index in [1.165, 1.54) is 30.6 Å². The smallest absolute Gasteiger partial charge is 0.417 e. The molecule has 2 aromatic heterocycles. The third-order valence-corrected chi connectivity index (χ3v) is 6.40. The molecule has 1 aliphatic carbocycles. The van der Waals surface area contributed by atoms with Crippen molar-refractivity contribution in [2.75, 3.05) is 6.54 Å². The standard InChI is InChI=1S/C24H19F5N4O2/c25-15-3-4-16(17(10-15)21-30-6-1-7-31-21)23(34)33-12-13-2-5-19(33)20(8-13)35-22-18(26)9-14(11-32-22)24(27,28)29/h1,3-4,6-7,9-11,13,19-20H,2,5,8,12H2/t13-,19+,20-/m1/s1. The molecule has 3 aliphatic rings. The molecule has 0 spiro atoms. The Balaban J connectivity index is 1.42. The lowest BCUT2D eigenvalue weighted by Crippen LogP contribution is -2.59. The molecule has 3 fully saturated rings. The van der Waals surface area contributed by atoms with Gasteiger partial charge in [-0.05, 0) is 55.5 Å². The number of hydrogen-bond donors (Lipinski definition) is 0. The molecular weight excluding hydrogens is 471 g/mol. The van der Waals surface area contributed by atoms with Gasteiger partial charge in [-0.15, -0.1) is 0 Å². The number of ether oxygens (including phenoxy) is 1. The van der Waals surface area contributed by atoms with Gasteiger partial charge in [0.05, 0.1) is 17.2 Å². The molecule has 1 aromatic carbocycles. The Morgan fingerprint density at radius 1 is 1.06 bits per heavy atom. The van der Waals surface area contributed by atoms with E-state index in [9.17, 15) is 26.7 Å². The fourth-order valence-corrected chi connectivity index (χ4v) is 4.78. The Kier molecular flexibility index (Phi) is 5.86. The lowest BCUT2D eigenvalue weighted by atomic mass is 9.77. The molecule has 6 rings (SSSR count). The van der Waals surface area contributed by atoms with Crippen molar-refractivity contribution in [3.63, 3.8) is 0 Å². The van der Waals surface area contributed by atoms with Crippen LogP contribution in [0.1, 0.15) is 35.2 Å². The zero-order valence-corrected chi connectivity index (χ0v) is 18.2. The van der Waals surface area contributed by atoms with Gasteiger partial charge in [0, 0.05) is 30.7 Å². The summed E-state index contributed by atoms with van der Waals surface area (Å²) in [6.07, 6.45) is 0.0229. The summed E-state index contributed by atoms with van der Waals surface area (Å²) in [6, 6.07) is 5.24. The Bertz CT molecular complexity index is 1250. The molecule has 182 valence electrons. The Morgan fingerprint density at radius 2 is 1.83 bits per heavy atom. The first-order chi connectivity index (χ1) is 16.7. The molecular formula is C24H19F5N4O2. The van der Waals surface area contributed by atoms with Gasteiger partial charge in [0.25, 0.3) is 11.8 Å². The van der Waals surface area contributed by atoms with Crippen LogP contribution in [0.15, 0.2) is 48.9 Å². The molecule has 1 amide bonds. The number of benzene rings is 1. The van der Waals surface area contributed by atoms with Gasteiger partial charge < -0.3 is 9.64 Å². The normalized spacial score (nSPS) is 21.7. The zero-order valence-electron chi connectivity index (χ0n) is 18.2. The molecule has 1 saturated carbocycles. The summed E-state index contributed by atoms with van der Waals surface area (Å²) in [6.45, 7) is 0.429. The molecule has 2 bridgehead atoms. The summed E-state index contributed by atoms with van der Waals surface area (Å²) < 4.78 is 72.6. The average Bonchev–Trinajstić information content (AvgIpc) is 2.85. The summed E-state index contributed by atoms with van der Waals surface area (Å²) in [7, 11) is 0. The van der Waals surface area contributed by atoms with Crippen molar-refractivity contribution in [3.8, 4) is 17.3 Å². The van der Waals surface area contributed by atoms with Gasteiger partial charge in [0.15, 0.2) is 11.6 Å². The second-order valence-electron chi connectivity index (χ2n) is 8.63. The predicted octanol–water partition coefficient (Wildman–Crippen LogP) is 4.91. The molecule has 0 radical (unpaired) electrons. The number of pyridine rings is 1. The van der Waals surface area contributed by atoms with E-state index in [0.717, 1.165) is 6.42 Å². The van der Waals surface area contributed by atoms with E-state index >= 15 is 0 Å². The number of aromatic nitrogens is 3. The van der Waals surface area contributed by atoms with Gasteiger partial charge >= 0.3 is 6.18 Å². The van der Waals surface area contributed by atoms with E-state index in [0.29, 0.717) is 31.6 Å². The first kappa shape index (κ1) is 23.1. The predicted molar refractivity (Wildman–Crippen MR) is 113 cm³/mol. The molecule has 0 unspecified atom stereocenters. The fraction of sp³-hybridized carbons (Fsp3) is 0.333. The highest BCUT2D eigenvalue weighted by Crippen LogP contribution is 2.39. The monoisotopic (exact) mass is 490 g/mol. The summed E-state index contributed by atoms with van der Waals surface area (Å²) >= 11 is 0. The number of alkyl halides is 3. The van der Waals surface area contributed by atoms with Crippen molar-refractivity contribution < 1.29 is 31.5 Å². The number of nitrogens with zero attached hydrogens (tertiary/aromatic N) is 4. The topological polar surface area (TPSA) is 68.2 Å². The molecule has 3 aromatic rings. The Hall–Kier alpha value is -3.63. The summed E-state index contributed by atoms with van der Waals surface area (Å²) in [5.41, 5.74) is -0.760. The van der Waals surface area contributed by atoms with E-state index < -0.39 is 41.4 Å². The number of fused-ring (bicyclic) bond motifs is 3. The van der Waals surface area contributed by atoms with Crippen LogP contribution < -0.4 is 4.74 Å². The van der Waals surface area contributed by atoms with Crippen molar-refractivity contribution in [2.24, 2.45) is 5.92 Å². The van der Waals surface area contributed by atoms with Crippen LogP contribution in [0.25, 0.3) is 11.4 Å². The summed E-state index contributed by atoms with van der Waals surface area (Å²) in [5.74, 6) is -2.43. The van der Waals surface area contributed by atoms with Crippen LogP contribution in [0.2, 0.25) is 0 Å². The second kappa shape index (κ2) is 8.86. The van der Waals surface area contributed by atoms with Crippen molar-refractivity contribution in [1.29, 1.82) is 0 Å². The van der Waals surface area contributed by atoms with Crippen molar-refractivity contribution in [2.45, 2.75) is 37.6 Å². The second-order valence-corrected chi connectivity index (χ2v) is 8.63. The first-order valence-electron chi connectivity index (χ1n) is 11.0. The Morgan fingerprint density at radius 3 is 2.51 bits per heavy atom. The van der Waals surface area contributed by atoms with Gasteiger partial charge in [-0.1, -0.05) is 0 Å². The average molecular weight is 490 g/mol. The van der Waals surface area contributed by atoms with Crippen LogP contribution in [0.4, 0.5) is 22.0 Å². The van der Waals surface area contributed by atoms with E-state index in [2.05, 4.69) is 15.0 Å². The SMILES string of the molecule is O=C(c1ccc(F)cc1-c1ncccn1)N1C[C@@H]2CC[C@H]1[C@H](Oc1ncc(C(F)(F)F)cc1F)C2. The van der Waals surface area contributed by atoms with E-state index in [4.69, 9.17) is 4.74 Å². The molecule has 3 atom stereocenters. The Labute approximate surface area is 196 Å². The fourth-order valence-electron chi connectivity index (χ4n) is 4.78. The van der Waals surface area contributed by atoms with Gasteiger partial charge in [-0.2, -0.15) is 13.2 Å². The van der Waals surface area contributed by atoms with Gasteiger partial charge in [0.1, 0.15) is 11.9 Å². The number of hydrogen-bond acceptors (Lipinski definition) is 5. The van der Waals surface area contributed by atoms with Crippen LogP contribution in [0.3, 0.4) is 0 Å². The molecule has 6 nitrogen and oxygen atoms in total. The lowest BCUT2D eigenvalue weighted by molar-refractivity contribution is -0.138. The van der Waals surface area contributed by atoms with Crippen molar-refractivity contribution in [1.82, 2.24) is 19.9 Å². The third-order valence-electron chi connectivity index (χ3n) is 6.40. The van der Waals surface area contributed by atoms with Crippen LogP contribution in [-0.2, 0) is 6.18 Å². The first-order valence-corrected chi connectivity index (χ1v) is 11.0. The maximum atomic E-state index is 14.4. The number of piperidine rings is 2. The van der Waals surface area contributed by atoms with Crippen LogP contribution >= 0.6 is 0 Å². The van der Waals surface area contributed by atoms with Crippen LogP contribution in [0, 0.1) is 17.6 Å². The minimum absolute atomic E-state index is 0.0586. The van der Waals surface area contributed by atoms with Crippen LogP contribution in [0.5, 0.6) is 5.88 Å². The lowest BCUT2D eigenvalue weighted by Gasteiger charge is -2.49. The maximum absolute atomic E-state index is 14.4. The van der Waals surface area contributed by atoms with Gasteiger partial charge in [-0.25, -0.2) is 23.7 Å². The molecule has 35 heavy (non-hydrogen) atoms. The largest absolute Gasteiger partial charge is 0.470 e. The number of halogens is 5. The summed E-state index contributed by atoms with van der Waals surface area (Å²) in [4.78, 5) is 27.0. The quantitative estimate of drug-likeness (QED) is 0.487. The highest BCUT2D eigenvalue weighted by Gasteiger charge is 2.45. The minimum Gasteiger partial charge on any atom is -0.470 e. The number of carbonyl (C=O) groups excluding carboxylic acids is 1. The zero-order chi connectivity index (χ0) is 24.7. The maximum Gasteiger partial charge on any atom is 0.417 e. The van der Waals surface area contributed by atoms with Crippen molar-refractivity contribution >= 4 is 5.91 Å². The summed E-state index contributed by atoms with van der Waals surface area (Å²) in [5, 5.41) is 0. The van der Waals surface area contributed by atoms with Crippen molar-refractivity contribution in [3.05, 3.63) is 71.7 Å².